The second-order valence-corrected chi connectivity index (χ2v) is 7.54. The lowest BCUT2D eigenvalue weighted by Gasteiger charge is -2.39. The molecule has 3 rings (SSSR count). The number of hydrogen-bond acceptors (Lipinski definition) is 5. The minimum absolute atomic E-state index is 0. The highest BCUT2D eigenvalue weighted by molar-refractivity contribution is 14.0. The van der Waals surface area contributed by atoms with Gasteiger partial charge in [-0.2, -0.15) is 0 Å². The monoisotopic (exact) mass is 489 g/mol. The van der Waals surface area contributed by atoms with Crippen LogP contribution >= 0.6 is 35.3 Å². The fourth-order valence-electron chi connectivity index (χ4n) is 3.18. The van der Waals surface area contributed by atoms with Crippen LogP contribution in [-0.4, -0.2) is 59.6 Å². The van der Waals surface area contributed by atoms with Crippen molar-refractivity contribution in [2.75, 3.05) is 39.1 Å². The average molecular weight is 489 g/mol. The summed E-state index contributed by atoms with van der Waals surface area (Å²) in [5.41, 5.74) is 1.05. The van der Waals surface area contributed by atoms with Gasteiger partial charge in [0.25, 0.3) is 0 Å². The van der Waals surface area contributed by atoms with Crippen molar-refractivity contribution < 1.29 is 0 Å². The van der Waals surface area contributed by atoms with Crippen molar-refractivity contribution in [2.45, 2.75) is 25.9 Å². The molecule has 7 nitrogen and oxygen atoms in total. The van der Waals surface area contributed by atoms with Crippen LogP contribution in [0, 0.1) is 5.92 Å². The Balaban J connectivity index is 0.00000243. The molecule has 1 saturated heterocycles. The molecule has 2 aromatic heterocycles. The number of nitrogens with one attached hydrogen (secondary N) is 1. The first-order valence-corrected chi connectivity index (χ1v) is 9.51. The molecule has 0 aliphatic carbocycles. The van der Waals surface area contributed by atoms with E-state index in [-0.39, 0.29) is 24.0 Å². The van der Waals surface area contributed by atoms with Gasteiger partial charge >= 0.3 is 0 Å². The quantitative estimate of drug-likeness (QED) is 0.407. The Labute approximate surface area is 176 Å². The van der Waals surface area contributed by atoms with Gasteiger partial charge in [-0.25, -0.2) is 9.97 Å². The lowest BCUT2D eigenvalue weighted by Crippen LogP contribution is -2.48. The summed E-state index contributed by atoms with van der Waals surface area (Å²) < 4.78 is 2.22. The topological polar surface area (TPSA) is 61.6 Å². The molecule has 0 spiro atoms. The van der Waals surface area contributed by atoms with E-state index in [0.717, 1.165) is 36.3 Å². The van der Waals surface area contributed by atoms with Crippen LogP contribution in [0.5, 0.6) is 0 Å². The molecule has 9 heteroatoms. The highest BCUT2D eigenvalue weighted by atomic mass is 127. The number of aliphatic imine (C=N–C) groups is 1. The highest BCUT2D eigenvalue weighted by Gasteiger charge is 2.28. The van der Waals surface area contributed by atoms with E-state index in [0.29, 0.717) is 18.5 Å². The largest absolute Gasteiger partial charge is 0.354 e. The Morgan fingerprint density at radius 3 is 2.88 bits per heavy atom. The second-order valence-electron chi connectivity index (χ2n) is 6.71. The number of guanidine groups is 1. The van der Waals surface area contributed by atoms with Crippen molar-refractivity contribution in [3.63, 3.8) is 0 Å². The standard InChI is InChI=1S/C17H27N7S.HI/c1-13-5-7-23(10-15(13)24-8-6-19-12-24)16(18-2)20-9-14-11-25-17(21-14)22(3)4;/h6,8,11-13,15H,5,7,9-10H2,1-4H3,(H,18,20);1H. The van der Waals surface area contributed by atoms with Crippen LogP contribution in [0.3, 0.4) is 0 Å². The number of hydrogen-bond donors (Lipinski definition) is 1. The number of piperidine rings is 1. The maximum Gasteiger partial charge on any atom is 0.194 e. The Kier molecular flexibility index (Phi) is 7.69. The number of thiazole rings is 1. The van der Waals surface area contributed by atoms with Gasteiger partial charge < -0.3 is 19.7 Å². The zero-order valence-electron chi connectivity index (χ0n) is 15.8. The Bertz CT molecular complexity index is 698. The maximum atomic E-state index is 4.62. The molecular formula is C17H28IN7S. The van der Waals surface area contributed by atoms with Crippen LogP contribution in [0.1, 0.15) is 25.1 Å². The van der Waals surface area contributed by atoms with E-state index in [1.54, 1.807) is 11.3 Å². The van der Waals surface area contributed by atoms with Crippen LogP contribution in [0.2, 0.25) is 0 Å². The minimum atomic E-state index is 0. The Morgan fingerprint density at radius 2 is 2.27 bits per heavy atom. The van der Waals surface area contributed by atoms with Crippen LogP contribution in [0.4, 0.5) is 5.13 Å². The number of aromatic nitrogens is 3. The molecule has 0 bridgehead atoms. The third-order valence-electron chi connectivity index (χ3n) is 4.69. The number of halogens is 1. The van der Waals surface area contributed by atoms with Crippen molar-refractivity contribution in [1.82, 2.24) is 24.8 Å². The summed E-state index contributed by atoms with van der Waals surface area (Å²) in [7, 11) is 5.87. The summed E-state index contributed by atoms with van der Waals surface area (Å²) >= 11 is 1.66. The third kappa shape index (κ3) is 4.87. The van der Waals surface area contributed by atoms with Gasteiger partial charge in [-0.15, -0.1) is 35.3 Å². The number of nitrogens with zero attached hydrogens (tertiary/aromatic N) is 6. The van der Waals surface area contributed by atoms with Crippen molar-refractivity contribution in [3.8, 4) is 0 Å². The summed E-state index contributed by atoms with van der Waals surface area (Å²) in [5, 5.41) is 6.59. The zero-order chi connectivity index (χ0) is 17.8. The lowest BCUT2D eigenvalue weighted by molar-refractivity contribution is 0.189. The Morgan fingerprint density at radius 1 is 1.46 bits per heavy atom. The molecule has 2 unspecified atom stereocenters. The summed E-state index contributed by atoms with van der Waals surface area (Å²) in [6.45, 7) is 4.97. The average Bonchev–Trinajstić information content (AvgIpc) is 3.28. The van der Waals surface area contributed by atoms with Crippen LogP contribution < -0.4 is 10.2 Å². The number of anilines is 1. The van der Waals surface area contributed by atoms with Gasteiger partial charge in [-0.05, 0) is 12.3 Å². The molecule has 26 heavy (non-hydrogen) atoms. The SMILES string of the molecule is CN=C(NCc1csc(N(C)C)n1)N1CCC(C)C(n2ccnc2)C1.I. The highest BCUT2D eigenvalue weighted by Crippen LogP contribution is 2.27. The third-order valence-corrected chi connectivity index (χ3v) is 5.74. The first-order valence-electron chi connectivity index (χ1n) is 8.63. The number of likely N-dealkylation sites (tertiary alicyclic amines) is 1. The molecule has 0 amide bonds. The molecule has 0 aromatic carbocycles. The van der Waals surface area contributed by atoms with E-state index in [1.165, 1.54) is 0 Å². The van der Waals surface area contributed by atoms with Gasteiger partial charge in [0.2, 0.25) is 0 Å². The van der Waals surface area contributed by atoms with Gasteiger partial charge in [0.15, 0.2) is 11.1 Å². The molecule has 0 radical (unpaired) electrons. The fraction of sp³-hybridized carbons (Fsp3) is 0.588. The zero-order valence-corrected chi connectivity index (χ0v) is 18.9. The van der Waals surface area contributed by atoms with Crippen molar-refractivity contribution in [2.24, 2.45) is 10.9 Å². The first kappa shape index (κ1) is 20.9. The van der Waals surface area contributed by atoms with E-state index in [4.69, 9.17) is 0 Å². The van der Waals surface area contributed by atoms with Gasteiger partial charge in [-0.3, -0.25) is 4.99 Å². The molecule has 2 atom stereocenters. The van der Waals surface area contributed by atoms with Crippen molar-refractivity contribution in [1.29, 1.82) is 0 Å². The second kappa shape index (κ2) is 9.54. The molecule has 144 valence electrons. The van der Waals surface area contributed by atoms with Gasteiger partial charge in [0, 0.05) is 52.0 Å². The predicted molar refractivity (Wildman–Crippen MR) is 119 cm³/mol. The van der Waals surface area contributed by atoms with E-state index in [2.05, 4.69) is 48.2 Å². The van der Waals surface area contributed by atoms with Crippen LogP contribution in [-0.2, 0) is 6.54 Å². The van der Waals surface area contributed by atoms with Gasteiger partial charge in [0.1, 0.15) is 0 Å². The summed E-state index contributed by atoms with van der Waals surface area (Å²) in [6, 6.07) is 0.425. The van der Waals surface area contributed by atoms with E-state index in [1.807, 2.05) is 38.6 Å². The predicted octanol–water partition coefficient (Wildman–Crippen LogP) is 2.68. The van der Waals surface area contributed by atoms with Crippen LogP contribution in [0.25, 0.3) is 0 Å². The van der Waals surface area contributed by atoms with Crippen molar-refractivity contribution in [3.05, 3.63) is 29.8 Å². The van der Waals surface area contributed by atoms with Gasteiger partial charge in [0.05, 0.1) is 24.6 Å². The molecule has 1 N–H and O–H groups in total. The van der Waals surface area contributed by atoms with Crippen LogP contribution in [0.15, 0.2) is 29.1 Å². The molecule has 3 heterocycles. The van der Waals surface area contributed by atoms with E-state index < -0.39 is 0 Å². The number of rotatable bonds is 4. The molecule has 0 saturated carbocycles. The summed E-state index contributed by atoms with van der Waals surface area (Å²) in [4.78, 5) is 17.7. The van der Waals surface area contributed by atoms with Gasteiger partial charge in [-0.1, -0.05) is 6.92 Å². The van der Waals surface area contributed by atoms with E-state index >= 15 is 0 Å². The minimum Gasteiger partial charge on any atom is -0.354 e. The maximum absolute atomic E-state index is 4.62. The lowest BCUT2D eigenvalue weighted by atomic mass is 9.93. The normalized spacial score (nSPS) is 20.6. The summed E-state index contributed by atoms with van der Waals surface area (Å²) in [6.07, 6.45) is 6.96. The molecule has 1 aliphatic rings. The Hall–Kier alpha value is -1.36. The smallest absolute Gasteiger partial charge is 0.194 e. The number of imidazole rings is 1. The first-order chi connectivity index (χ1) is 12.1. The molecule has 2 aromatic rings. The molecule has 1 aliphatic heterocycles. The molecular weight excluding hydrogens is 461 g/mol. The fourth-order valence-corrected chi connectivity index (χ4v) is 3.94. The van der Waals surface area contributed by atoms with Crippen molar-refractivity contribution >= 4 is 46.4 Å². The van der Waals surface area contributed by atoms with E-state index in [9.17, 15) is 0 Å². The molecule has 1 fully saturated rings. The summed E-state index contributed by atoms with van der Waals surface area (Å²) in [5.74, 6) is 1.57.